The molecule has 2 aromatic rings. The summed E-state index contributed by atoms with van der Waals surface area (Å²) in [5, 5.41) is 3.76. The average molecular weight is 464 g/mol. The topological polar surface area (TPSA) is 129 Å². The normalized spacial score (nSPS) is 15.4. The molecule has 1 fully saturated rings. The Labute approximate surface area is 189 Å². The monoisotopic (exact) mass is 464 g/mol. The van der Waals surface area contributed by atoms with Crippen LogP contribution >= 0.6 is 0 Å². The van der Waals surface area contributed by atoms with Gasteiger partial charge in [0.25, 0.3) is 0 Å². The standard InChI is InChI=1S/C20H26F2N8O3/c1-3-28(7-8-30(24-2)19(31)27-18-25-5-4-6-26-18)17-15(21)9-13(10-16(17)22)29-12-14(11-23)33-20(29)32/h4-6,9-10,14,24H,3,7-8,11-12,23H2,1-2H3,(H,25,26,27,31)/t14-/m0/s1. The van der Waals surface area contributed by atoms with Gasteiger partial charge in [0.1, 0.15) is 11.8 Å². The zero-order valence-electron chi connectivity index (χ0n) is 18.3. The molecule has 13 heteroatoms. The molecule has 4 N–H and O–H groups in total. The molecule has 33 heavy (non-hydrogen) atoms. The number of cyclic esters (lactones) is 1. The predicted molar refractivity (Wildman–Crippen MR) is 118 cm³/mol. The van der Waals surface area contributed by atoms with Gasteiger partial charge < -0.3 is 15.4 Å². The molecule has 3 amide bonds. The zero-order chi connectivity index (χ0) is 24.0. The Kier molecular flexibility index (Phi) is 7.90. The smallest absolute Gasteiger partial charge is 0.414 e. The lowest BCUT2D eigenvalue weighted by molar-refractivity contribution is 0.145. The molecule has 1 aromatic carbocycles. The van der Waals surface area contributed by atoms with Gasteiger partial charge >= 0.3 is 12.1 Å². The first-order valence-electron chi connectivity index (χ1n) is 10.3. The van der Waals surface area contributed by atoms with E-state index in [-0.39, 0.29) is 50.0 Å². The molecule has 0 bridgehead atoms. The van der Waals surface area contributed by atoms with Crippen molar-refractivity contribution in [1.82, 2.24) is 20.4 Å². The van der Waals surface area contributed by atoms with E-state index in [1.165, 1.54) is 22.3 Å². The summed E-state index contributed by atoms with van der Waals surface area (Å²) < 4.78 is 34.9. The van der Waals surface area contributed by atoms with Crippen LogP contribution in [0, 0.1) is 11.6 Å². The molecule has 1 saturated heterocycles. The van der Waals surface area contributed by atoms with E-state index >= 15 is 0 Å². The number of rotatable bonds is 9. The Bertz CT molecular complexity index is 958. The van der Waals surface area contributed by atoms with Crippen molar-refractivity contribution >= 4 is 29.4 Å². The van der Waals surface area contributed by atoms with Crippen molar-refractivity contribution in [3.8, 4) is 0 Å². The van der Waals surface area contributed by atoms with Gasteiger partial charge in [0.15, 0.2) is 11.6 Å². The van der Waals surface area contributed by atoms with E-state index in [1.807, 2.05) is 0 Å². The summed E-state index contributed by atoms with van der Waals surface area (Å²) in [6.07, 6.45) is 1.73. The molecule has 0 unspecified atom stereocenters. The first-order valence-corrected chi connectivity index (χ1v) is 10.3. The van der Waals surface area contributed by atoms with Crippen LogP contribution in [0.3, 0.4) is 0 Å². The number of aromatic nitrogens is 2. The number of carbonyl (C=O) groups excluding carboxylic acids is 2. The van der Waals surface area contributed by atoms with E-state index in [2.05, 4.69) is 20.7 Å². The number of hydrogen-bond acceptors (Lipinski definition) is 8. The summed E-state index contributed by atoms with van der Waals surface area (Å²) in [7, 11) is 1.54. The van der Waals surface area contributed by atoms with Gasteiger partial charge in [0, 0.05) is 51.2 Å². The third-order valence-corrected chi connectivity index (χ3v) is 5.04. The number of benzene rings is 1. The number of urea groups is 1. The zero-order valence-corrected chi connectivity index (χ0v) is 18.3. The largest absolute Gasteiger partial charge is 0.443 e. The fourth-order valence-electron chi connectivity index (χ4n) is 3.36. The van der Waals surface area contributed by atoms with Crippen molar-refractivity contribution in [2.75, 3.05) is 54.9 Å². The van der Waals surface area contributed by atoms with Crippen LogP contribution < -0.4 is 26.3 Å². The number of nitrogens with zero attached hydrogens (tertiary/aromatic N) is 5. The van der Waals surface area contributed by atoms with Crippen LogP contribution in [0.4, 0.5) is 35.7 Å². The van der Waals surface area contributed by atoms with Crippen molar-refractivity contribution in [2.45, 2.75) is 13.0 Å². The second kappa shape index (κ2) is 10.8. The molecular formula is C20H26F2N8O3. The predicted octanol–water partition coefficient (Wildman–Crippen LogP) is 1.53. The minimum atomic E-state index is -0.839. The van der Waals surface area contributed by atoms with Gasteiger partial charge in [-0.05, 0) is 13.0 Å². The Balaban J connectivity index is 1.70. The quantitative estimate of drug-likeness (QED) is 0.477. The number of nitrogens with two attached hydrogens (primary N) is 1. The van der Waals surface area contributed by atoms with E-state index in [0.29, 0.717) is 0 Å². The van der Waals surface area contributed by atoms with Gasteiger partial charge in [-0.1, -0.05) is 0 Å². The molecule has 1 atom stereocenters. The van der Waals surface area contributed by atoms with Crippen LogP contribution in [0.15, 0.2) is 30.6 Å². The summed E-state index contributed by atoms with van der Waals surface area (Å²) in [5.41, 5.74) is 8.02. The fraction of sp³-hybridized carbons (Fsp3) is 0.400. The second-order valence-electron chi connectivity index (χ2n) is 7.07. The SMILES string of the molecule is CCN(CCN(NC)C(=O)Nc1ncccn1)c1c(F)cc(N2C[C@H](CN)OC2=O)cc1F. The van der Waals surface area contributed by atoms with Gasteiger partial charge in [0.05, 0.1) is 18.8 Å². The number of hydrazine groups is 1. The molecule has 1 aromatic heterocycles. The van der Waals surface area contributed by atoms with Crippen molar-refractivity contribution in [2.24, 2.45) is 5.73 Å². The molecular weight excluding hydrogens is 438 g/mol. The highest BCUT2D eigenvalue weighted by Crippen LogP contribution is 2.30. The van der Waals surface area contributed by atoms with E-state index < -0.39 is 29.9 Å². The van der Waals surface area contributed by atoms with Gasteiger partial charge in [-0.2, -0.15) is 0 Å². The van der Waals surface area contributed by atoms with Crippen LogP contribution in [0.25, 0.3) is 0 Å². The van der Waals surface area contributed by atoms with Crippen LogP contribution in [0.5, 0.6) is 0 Å². The molecule has 0 radical (unpaired) electrons. The van der Waals surface area contributed by atoms with Gasteiger partial charge in [-0.15, -0.1) is 0 Å². The third kappa shape index (κ3) is 5.62. The summed E-state index contributed by atoms with van der Waals surface area (Å²) >= 11 is 0. The van der Waals surface area contributed by atoms with Crippen molar-refractivity contribution < 1.29 is 23.1 Å². The number of halogens is 2. The van der Waals surface area contributed by atoms with Crippen molar-refractivity contribution in [3.63, 3.8) is 0 Å². The van der Waals surface area contributed by atoms with Crippen LogP contribution in [0.1, 0.15) is 6.92 Å². The highest BCUT2D eigenvalue weighted by molar-refractivity contribution is 5.90. The summed E-state index contributed by atoms with van der Waals surface area (Å²) in [6.45, 7) is 2.45. The Hall–Kier alpha value is -3.58. The maximum Gasteiger partial charge on any atom is 0.414 e. The number of ether oxygens (including phenoxy) is 1. The molecule has 0 saturated carbocycles. The lowest BCUT2D eigenvalue weighted by atomic mass is 10.2. The lowest BCUT2D eigenvalue weighted by Crippen LogP contribution is -2.47. The second-order valence-corrected chi connectivity index (χ2v) is 7.07. The van der Waals surface area contributed by atoms with Crippen LogP contribution in [0.2, 0.25) is 0 Å². The van der Waals surface area contributed by atoms with Gasteiger partial charge in [-0.3, -0.25) is 15.2 Å². The molecule has 11 nitrogen and oxygen atoms in total. The van der Waals surface area contributed by atoms with E-state index in [1.54, 1.807) is 20.0 Å². The summed E-state index contributed by atoms with van der Waals surface area (Å²) in [4.78, 5) is 34.9. The molecule has 1 aliphatic rings. The van der Waals surface area contributed by atoms with E-state index in [9.17, 15) is 18.4 Å². The van der Waals surface area contributed by atoms with E-state index in [0.717, 1.165) is 17.0 Å². The minimum Gasteiger partial charge on any atom is -0.443 e. The Morgan fingerprint density at radius 2 is 1.94 bits per heavy atom. The van der Waals surface area contributed by atoms with Gasteiger partial charge in [-0.25, -0.2) is 33.8 Å². The third-order valence-electron chi connectivity index (χ3n) is 5.04. The molecule has 3 rings (SSSR count). The maximum absolute atomic E-state index is 14.9. The molecule has 0 spiro atoms. The number of hydrogen-bond donors (Lipinski definition) is 3. The minimum absolute atomic E-state index is 0.0462. The highest BCUT2D eigenvalue weighted by atomic mass is 19.1. The Morgan fingerprint density at radius 3 is 2.48 bits per heavy atom. The Morgan fingerprint density at radius 1 is 1.27 bits per heavy atom. The molecule has 1 aliphatic heterocycles. The first kappa shape index (κ1) is 24.1. The first-order chi connectivity index (χ1) is 15.9. The maximum atomic E-state index is 14.9. The number of carbonyl (C=O) groups is 2. The number of nitrogens with one attached hydrogen (secondary N) is 2. The molecule has 178 valence electrons. The fourth-order valence-corrected chi connectivity index (χ4v) is 3.36. The number of amides is 3. The van der Waals surface area contributed by atoms with Gasteiger partial charge in [0.2, 0.25) is 5.95 Å². The molecule has 2 heterocycles. The van der Waals surface area contributed by atoms with Crippen LogP contribution in [-0.4, -0.2) is 73.0 Å². The lowest BCUT2D eigenvalue weighted by Gasteiger charge is -2.28. The summed E-state index contributed by atoms with van der Waals surface area (Å²) in [5.74, 6) is -1.55. The summed E-state index contributed by atoms with van der Waals surface area (Å²) in [6, 6.07) is 3.24. The van der Waals surface area contributed by atoms with Crippen LogP contribution in [-0.2, 0) is 4.74 Å². The van der Waals surface area contributed by atoms with E-state index in [4.69, 9.17) is 10.5 Å². The van der Waals surface area contributed by atoms with Crippen molar-refractivity contribution in [1.29, 1.82) is 0 Å². The van der Waals surface area contributed by atoms with Crippen molar-refractivity contribution in [3.05, 3.63) is 42.2 Å². The highest BCUT2D eigenvalue weighted by Gasteiger charge is 2.33. The number of anilines is 3. The average Bonchev–Trinajstić information content (AvgIpc) is 3.19. The molecule has 0 aliphatic carbocycles. The number of likely N-dealkylation sites (N-methyl/N-ethyl adjacent to an activating group) is 1.